The summed E-state index contributed by atoms with van der Waals surface area (Å²) in [7, 11) is 1.18. The summed E-state index contributed by atoms with van der Waals surface area (Å²) in [4.78, 5) is 44.0. The lowest BCUT2D eigenvalue weighted by atomic mass is 10.1. The van der Waals surface area contributed by atoms with E-state index in [2.05, 4.69) is 10.1 Å². The molecule has 0 aliphatic heterocycles. The summed E-state index contributed by atoms with van der Waals surface area (Å²) in [5.74, 6) is -2.46. The number of non-ortho nitro benzene ring substituents is 1. The van der Waals surface area contributed by atoms with Crippen LogP contribution in [0.3, 0.4) is 0 Å². The van der Waals surface area contributed by atoms with E-state index < -0.39 is 28.8 Å². The Kier molecular flexibility index (Phi) is 6.66. The van der Waals surface area contributed by atoms with Crippen LogP contribution in [0.15, 0.2) is 24.3 Å². The van der Waals surface area contributed by atoms with Gasteiger partial charge in [0, 0.05) is 18.6 Å². The summed E-state index contributed by atoms with van der Waals surface area (Å²) in [6.45, 7) is 0. The van der Waals surface area contributed by atoms with E-state index in [4.69, 9.17) is 5.11 Å². The normalized spacial score (nSPS) is 11.3. The number of carboxylic acids is 1. The molecule has 0 aromatic heterocycles. The number of esters is 1. The van der Waals surface area contributed by atoms with Crippen molar-refractivity contribution in [1.82, 2.24) is 5.32 Å². The zero-order chi connectivity index (χ0) is 17.4. The van der Waals surface area contributed by atoms with Crippen molar-refractivity contribution in [1.29, 1.82) is 0 Å². The average Bonchev–Trinajstić information content (AvgIpc) is 2.50. The number of rotatable bonds is 8. The first-order valence-corrected chi connectivity index (χ1v) is 6.65. The Balaban J connectivity index is 2.65. The summed E-state index contributed by atoms with van der Waals surface area (Å²) >= 11 is 0. The highest BCUT2D eigenvalue weighted by Crippen LogP contribution is 2.13. The molecule has 0 aliphatic rings. The largest absolute Gasteiger partial charge is 0.480 e. The molecule has 1 aromatic carbocycles. The molecule has 9 nitrogen and oxygen atoms in total. The Hall–Kier alpha value is -2.97. The van der Waals surface area contributed by atoms with Gasteiger partial charge in [-0.25, -0.2) is 4.79 Å². The Morgan fingerprint density at radius 1 is 1.39 bits per heavy atom. The van der Waals surface area contributed by atoms with Gasteiger partial charge in [0.25, 0.3) is 5.69 Å². The van der Waals surface area contributed by atoms with Crippen molar-refractivity contribution in [3.8, 4) is 0 Å². The smallest absolute Gasteiger partial charge is 0.326 e. The van der Waals surface area contributed by atoms with Crippen LogP contribution in [0, 0.1) is 10.1 Å². The number of ether oxygens (including phenoxy) is 1. The van der Waals surface area contributed by atoms with Crippen molar-refractivity contribution in [2.24, 2.45) is 0 Å². The van der Waals surface area contributed by atoms with E-state index in [9.17, 15) is 24.5 Å². The predicted octanol–water partition coefficient (Wildman–Crippen LogP) is 0.660. The number of nitro groups is 1. The van der Waals surface area contributed by atoms with Gasteiger partial charge in [0.2, 0.25) is 5.91 Å². The fourth-order valence-corrected chi connectivity index (χ4v) is 1.83. The minimum Gasteiger partial charge on any atom is -0.480 e. The lowest BCUT2D eigenvalue weighted by Gasteiger charge is -2.13. The molecule has 0 radical (unpaired) electrons. The fourth-order valence-electron chi connectivity index (χ4n) is 1.83. The van der Waals surface area contributed by atoms with Crippen LogP contribution < -0.4 is 5.32 Å². The Morgan fingerprint density at radius 2 is 2.09 bits per heavy atom. The maximum atomic E-state index is 11.9. The number of aliphatic carboxylic acids is 1. The van der Waals surface area contributed by atoms with Gasteiger partial charge in [0.15, 0.2) is 0 Å². The highest BCUT2D eigenvalue weighted by atomic mass is 16.6. The van der Waals surface area contributed by atoms with Crippen LogP contribution in [0.25, 0.3) is 0 Å². The molecule has 0 saturated heterocycles. The van der Waals surface area contributed by atoms with Gasteiger partial charge >= 0.3 is 11.9 Å². The summed E-state index contributed by atoms with van der Waals surface area (Å²) in [5.41, 5.74) is 0.226. The van der Waals surface area contributed by atoms with Crippen LogP contribution in [0.2, 0.25) is 0 Å². The van der Waals surface area contributed by atoms with E-state index in [1.54, 1.807) is 0 Å². The number of nitrogens with zero attached hydrogens (tertiary/aromatic N) is 1. The number of carbonyl (C=O) groups excluding carboxylic acids is 2. The highest BCUT2D eigenvalue weighted by molar-refractivity contribution is 5.85. The molecule has 1 amide bonds. The molecule has 1 atom stereocenters. The van der Waals surface area contributed by atoms with E-state index in [-0.39, 0.29) is 24.9 Å². The van der Waals surface area contributed by atoms with Gasteiger partial charge in [-0.1, -0.05) is 12.1 Å². The molecule has 0 heterocycles. The van der Waals surface area contributed by atoms with Gasteiger partial charge in [-0.3, -0.25) is 19.7 Å². The topological polar surface area (TPSA) is 136 Å². The molecule has 0 fully saturated rings. The van der Waals surface area contributed by atoms with Crippen LogP contribution in [0.5, 0.6) is 0 Å². The first kappa shape index (κ1) is 18.1. The summed E-state index contributed by atoms with van der Waals surface area (Å²) < 4.78 is 4.41. The zero-order valence-corrected chi connectivity index (χ0v) is 12.4. The van der Waals surface area contributed by atoms with Gasteiger partial charge < -0.3 is 15.2 Å². The predicted molar refractivity (Wildman–Crippen MR) is 77.6 cm³/mol. The maximum absolute atomic E-state index is 11.9. The lowest BCUT2D eigenvalue weighted by molar-refractivity contribution is -0.384. The molecular formula is C14H16N2O7. The number of hydrogen-bond acceptors (Lipinski definition) is 6. The number of carbonyl (C=O) groups is 3. The van der Waals surface area contributed by atoms with E-state index in [0.717, 1.165) is 0 Å². The second-order valence-electron chi connectivity index (χ2n) is 4.68. The van der Waals surface area contributed by atoms with Gasteiger partial charge in [-0.15, -0.1) is 0 Å². The second kappa shape index (κ2) is 8.47. The first-order valence-electron chi connectivity index (χ1n) is 6.65. The van der Waals surface area contributed by atoms with Gasteiger partial charge in [-0.2, -0.15) is 0 Å². The van der Waals surface area contributed by atoms with Crippen LogP contribution in [-0.2, 0) is 25.5 Å². The number of hydrogen-bond donors (Lipinski definition) is 2. The van der Waals surface area contributed by atoms with Crippen LogP contribution >= 0.6 is 0 Å². The first-order chi connectivity index (χ1) is 10.8. The molecule has 0 aliphatic carbocycles. The van der Waals surface area contributed by atoms with E-state index >= 15 is 0 Å². The number of methoxy groups -OCH3 is 1. The highest BCUT2D eigenvalue weighted by Gasteiger charge is 2.21. The molecule has 0 spiro atoms. The summed E-state index contributed by atoms with van der Waals surface area (Å²) in [5, 5.41) is 22.0. The minimum atomic E-state index is -1.28. The van der Waals surface area contributed by atoms with Crippen molar-refractivity contribution in [2.45, 2.75) is 25.3 Å². The van der Waals surface area contributed by atoms with E-state index in [1.807, 2.05) is 0 Å². The molecule has 23 heavy (non-hydrogen) atoms. The molecular weight excluding hydrogens is 308 g/mol. The quantitative estimate of drug-likeness (QED) is 0.407. The molecule has 2 N–H and O–H groups in total. The van der Waals surface area contributed by atoms with Crippen LogP contribution in [0.4, 0.5) is 5.69 Å². The van der Waals surface area contributed by atoms with Gasteiger partial charge in [0.1, 0.15) is 6.04 Å². The minimum absolute atomic E-state index is 0.108. The lowest BCUT2D eigenvalue weighted by Crippen LogP contribution is -2.41. The number of nitrogens with one attached hydrogen (secondary N) is 1. The maximum Gasteiger partial charge on any atom is 0.326 e. The van der Waals surface area contributed by atoms with Crippen molar-refractivity contribution in [3.05, 3.63) is 39.9 Å². The number of nitro benzene ring substituents is 1. The van der Waals surface area contributed by atoms with Crippen LogP contribution in [-0.4, -0.2) is 41.0 Å². The molecule has 0 bridgehead atoms. The molecule has 0 unspecified atom stereocenters. The molecule has 1 aromatic rings. The number of benzene rings is 1. The molecule has 0 saturated carbocycles. The third kappa shape index (κ3) is 6.12. The zero-order valence-electron chi connectivity index (χ0n) is 12.4. The molecule has 9 heteroatoms. The molecule has 1 rings (SSSR count). The fraction of sp³-hybridized carbons (Fsp3) is 0.357. The van der Waals surface area contributed by atoms with Crippen molar-refractivity contribution in [3.63, 3.8) is 0 Å². The van der Waals surface area contributed by atoms with Crippen molar-refractivity contribution < 1.29 is 29.2 Å². The van der Waals surface area contributed by atoms with E-state index in [0.29, 0.717) is 5.56 Å². The monoisotopic (exact) mass is 324 g/mol. The average molecular weight is 324 g/mol. The Morgan fingerprint density at radius 3 is 2.65 bits per heavy atom. The van der Waals surface area contributed by atoms with Gasteiger partial charge in [-0.05, 0) is 12.0 Å². The van der Waals surface area contributed by atoms with Gasteiger partial charge in [0.05, 0.1) is 18.5 Å². The second-order valence-corrected chi connectivity index (χ2v) is 4.68. The third-order valence-electron chi connectivity index (χ3n) is 2.98. The van der Waals surface area contributed by atoms with Crippen molar-refractivity contribution >= 4 is 23.5 Å². The number of amides is 1. The Labute approximate surface area is 131 Å². The summed E-state index contributed by atoms with van der Waals surface area (Å²) in [6.07, 6.45) is -0.461. The number of carboxylic acid groups (broad SMARTS) is 1. The third-order valence-corrected chi connectivity index (χ3v) is 2.98. The van der Waals surface area contributed by atoms with Crippen molar-refractivity contribution in [2.75, 3.05) is 7.11 Å². The SMILES string of the molecule is COC(=O)CC[C@H](NC(=O)Cc1cccc([N+](=O)[O-])c1)C(=O)O. The standard InChI is InChI=1S/C14H16N2O7/c1-23-13(18)6-5-11(14(19)20)15-12(17)8-9-3-2-4-10(7-9)16(21)22/h2-4,7,11H,5-6,8H2,1H3,(H,15,17)(H,19,20)/t11-/m0/s1. The molecule has 124 valence electrons. The van der Waals surface area contributed by atoms with Crippen LogP contribution in [0.1, 0.15) is 18.4 Å². The Bertz CT molecular complexity index is 615. The van der Waals surface area contributed by atoms with E-state index in [1.165, 1.54) is 31.4 Å². The summed E-state index contributed by atoms with van der Waals surface area (Å²) in [6, 6.07) is 4.26.